The molecule has 0 aliphatic carbocycles. The first-order valence-electron chi connectivity index (χ1n) is 5.30. The van der Waals surface area contributed by atoms with Crippen molar-refractivity contribution in [3.8, 4) is 0 Å². The third-order valence-corrected chi connectivity index (χ3v) is 3.79. The van der Waals surface area contributed by atoms with Crippen molar-refractivity contribution in [1.29, 1.82) is 0 Å². The number of halogens is 2. The summed E-state index contributed by atoms with van der Waals surface area (Å²) in [6.45, 7) is 3.20. The lowest BCUT2D eigenvalue weighted by molar-refractivity contribution is 0.158. The molecule has 0 aromatic carbocycles. The number of nitrogens with one attached hydrogen (secondary N) is 1. The molecule has 6 heteroatoms. The summed E-state index contributed by atoms with van der Waals surface area (Å²) < 4.78 is 2.08. The van der Waals surface area contributed by atoms with E-state index in [1.165, 1.54) is 18.5 Å². The van der Waals surface area contributed by atoms with E-state index in [0.717, 1.165) is 19.6 Å². The Hall–Kier alpha value is -0.290. The predicted octanol–water partition coefficient (Wildman–Crippen LogP) is 1.11. The van der Waals surface area contributed by atoms with Gasteiger partial charge < -0.3 is 11.1 Å². The van der Waals surface area contributed by atoms with E-state index in [0.29, 0.717) is 0 Å². The quantitative estimate of drug-likeness (QED) is 0.738. The van der Waals surface area contributed by atoms with Crippen molar-refractivity contribution < 1.29 is 0 Å². The first-order valence-corrected chi connectivity index (χ1v) is 5.30. The van der Waals surface area contributed by atoms with Crippen molar-refractivity contribution in [2.45, 2.75) is 25.4 Å². The van der Waals surface area contributed by atoms with E-state index in [1.54, 1.807) is 0 Å². The highest BCUT2D eigenvalue weighted by Gasteiger charge is 2.45. The molecule has 16 heavy (non-hydrogen) atoms. The molecule has 0 saturated carbocycles. The molecule has 0 radical (unpaired) electrons. The number of aromatic nitrogens is 2. The van der Waals surface area contributed by atoms with Gasteiger partial charge in [-0.15, -0.1) is 24.8 Å². The summed E-state index contributed by atoms with van der Waals surface area (Å²) in [4.78, 5) is 0. The van der Waals surface area contributed by atoms with Crippen LogP contribution in [0.3, 0.4) is 0 Å². The maximum absolute atomic E-state index is 6.31. The summed E-state index contributed by atoms with van der Waals surface area (Å²) in [7, 11) is 0. The average molecular weight is 265 g/mol. The van der Waals surface area contributed by atoms with Gasteiger partial charge in [-0.2, -0.15) is 5.10 Å². The normalized spacial score (nSPS) is 25.7. The minimum absolute atomic E-state index is 0. The smallest absolute Gasteiger partial charge is 0.0558 e. The maximum Gasteiger partial charge on any atom is 0.0558 e. The van der Waals surface area contributed by atoms with Crippen molar-refractivity contribution >= 4 is 24.8 Å². The van der Waals surface area contributed by atoms with Crippen molar-refractivity contribution in [3.05, 3.63) is 18.0 Å². The first kappa shape index (κ1) is 13.8. The van der Waals surface area contributed by atoms with Gasteiger partial charge in [-0.3, -0.25) is 4.68 Å². The van der Waals surface area contributed by atoms with E-state index < -0.39 is 0 Å². The number of rotatable bonds is 0. The number of piperidine rings is 1. The van der Waals surface area contributed by atoms with Gasteiger partial charge in [0.05, 0.1) is 11.7 Å². The SMILES string of the molecule is Cl.Cl.NC1c2ccnn2CC12CCNCC2. The third kappa shape index (κ3) is 1.84. The van der Waals surface area contributed by atoms with Crippen LogP contribution in [-0.2, 0) is 6.54 Å². The summed E-state index contributed by atoms with van der Waals surface area (Å²) >= 11 is 0. The van der Waals surface area contributed by atoms with Crippen LogP contribution in [0.4, 0.5) is 0 Å². The summed E-state index contributed by atoms with van der Waals surface area (Å²) in [6, 6.07) is 2.24. The minimum atomic E-state index is 0. The minimum Gasteiger partial charge on any atom is -0.322 e. The third-order valence-electron chi connectivity index (χ3n) is 3.79. The summed E-state index contributed by atoms with van der Waals surface area (Å²) in [6.07, 6.45) is 4.21. The van der Waals surface area contributed by atoms with E-state index in [4.69, 9.17) is 5.73 Å². The van der Waals surface area contributed by atoms with E-state index in [9.17, 15) is 0 Å². The van der Waals surface area contributed by atoms with Crippen molar-refractivity contribution in [3.63, 3.8) is 0 Å². The average Bonchev–Trinajstić information content (AvgIpc) is 2.73. The van der Waals surface area contributed by atoms with Crippen LogP contribution in [0, 0.1) is 5.41 Å². The second kappa shape index (κ2) is 4.92. The number of nitrogens with zero attached hydrogens (tertiary/aromatic N) is 2. The topological polar surface area (TPSA) is 55.9 Å². The fourth-order valence-electron chi connectivity index (χ4n) is 2.84. The van der Waals surface area contributed by atoms with Crippen molar-refractivity contribution in [1.82, 2.24) is 15.1 Å². The molecule has 1 atom stereocenters. The van der Waals surface area contributed by atoms with Crippen LogP contribution in [-0.4, -0.2) is 22.9 Å². The van der Waals surface area contributed by atoms with Gasteiger partial charge in [0, 0.05) is 18.2 Å². The van der Waals surface area contributed by atoms with Gasteiger partial charge in [0.1, 0.15) is 0 Å². The molecule has 3 heterocycles. The first-order chi connectivity index (χ1) is 6.82. The molecule has 4 nitrogen and oxygen atoms in total. The van der Waals surface area contributed by atoms with Crippen LogP contribution < -0.4 is 11.1 Å². The molecule has 1 unspecified atom stereocenters. The molecule has 1 saturated heterocycles. The van der Waals surface area contributed by atoms with Crippen LogP contribution in [0.1, 0.15) is 24.6 Å². The van der Waals surface area contributed by atoms with Crippen LogP contribution >= 0.6 is 24.8 Å². The molecule has 2 aliphatic heterocycles. The highest BCUT2D eigenvalue weighted by atomic mass is 35.5. The van der Waals surface area contributed by atoms with Gasteiger partial charge in [0.25, 0.3) is 0 Å². The second-order valence-corrected chi connectivity index (χ2v) is 4.50. The van der Waals surface area contributed by atoms with Crippen LogP contribution in [0.15, 0.2) is 12.3 Å². The second-order valence-electron chi connectivity index (χ2n) is 4.50. The number of nitrogens with two attached hydrogens (primary N) is 1. The highest BCUT2D eigenvalue weighted by molar-refractivity contribution is 5.85. The Bertz CT molecular complexity index is 346. The Morgan fingerprint density at radius 3 is 2.69 bits per heavy atom. The van der Waals surface area contributed by atoms with Crippen LogP contribution in [0.25, 0.3) is 0 Å². The van der Waals surface area contributed by atoms with E-state index in [1.807, 2.05) is 6.20 Å². The van der Waals surface area contributed by atoms with Gasteiger partial charge >= 0.3 is 0 Å². The van der Waals surface area contributed by atoms with Gasteiger partial charge in [-0.05, 0) is 32.0 Å². The molecule has 1 spiro atoms. The largest absolute Gasteiger partial charge is 0.322 e. The Balaban J connectivity index is 0.000000640. The molecule has 2 aliphatic rings. The summed E-state index contributed by atoms with van der Waals surface area (Å²) in [5, 5.41) is 7.70. The van der Waals surface area contributed by atoms with Crippen LogP contribution in [0.2, 0.25) is 0 Å². The fraction of sp³-hybridized carbons (Fsp3) is 0.700. The molecule has 3 N–H and O–H groups in total. The molecule has 3 rings (SSSR count). The van der Waals surface area contributed by atoms with Gasteiger partial charge in [0.2, 0.25) is 0 Å². The fourth-order valence-corrected chi connectivity index (χ4v) is 2.84. The van der Waals surface area contributed by atoms with E-state index in [-0.39, 0.29) is 36.3 Å². The molecular weight excluding hydrogens is 247 g/mol. The zero-order valence-corrected chi connectivity index (χ0v) is 10.7. The Labute approximate surface area is 108 Å². The molecule has 0 bridgehead atoms. The molecule has 1 fully saturated rings. The van der Waals surface area contributed by atoms with Gasteiger partial charge in [-0.25, -0.2) is 0 Å². The van der Waals surface area contributed by atoms with Crippen LogP contribution in [0.5, 0.6) is 0 Å². The summed E-state index contributed by atoms with van der Waals surface area (Å²) in [5.41, 5.74) is 7.81. The standard InChI is InChI=1S/C10H16N4.2ClH/c11-9-8-1-4-13-14(8)7-10(9)2-5-12-6-3-10;;/h1,4,9,12H,2-3,5-7,11H2;2*1H. The van der Waals surface area contributed by atoms with Gasteiger partial charge in [0.15, 0.2) is 0 Å². The Kier molecular flexibility index (Phi) is 4.23. The molecule has 1 aromatic rings. The monoisotopic (exact) mass is 264 g/mol. The Morgan fingerprint density at radius 2 is 2.06 bits per heavy atom. The maximum atomic E-state index is 6.31. The number of hydrogen-bond donors (Lipinski definition) is 2. The zero-order valence-electron chi connectivity index (χ0n) is 9.06. The lowest BCUT2D eigenvalue weighted by Crippen LogP contribution is -2.42. The highest BCUT2D eigenvalue weighted by Crippen LogP contribution is 2.46. The van der Waals surface area contributed by atoms with Gasteiger partial charge in [-0.1, -0.05) is 0 Å². The molecule has 92 valence electrons. The summed E-state index contributed by atoms with van der Waals surface area (Å²) in [5.74, 6) is 0. The number of fused-ring (bicyclic) bond motifs is 1. The van der Waals surface area contributed by atoms with Crippen molar-refractivity contribution in [2.24, 2.45) is 11.1 Å². The predicted molar refractivity (Wildman–Crippen MR) is 68.2 cm³/mol. The van der Waals surface area contributed by atoms with E-state index in [2.05, 4.69) is 21.2 Å². The molecular formula is C10H18Cl2N4. The zero-order chi connectivity index (χ0) is 9.60. The molecule has 0 amide bonds. The Morgan fingerprint density at radius 1 is 1.38 bits per heavy atom. The lowest BCUT2D eigenvalue weighted by Gasteiger charge is -2.36. The van der Waals surface area contributed by atoms with E-state index >= 15 is 0 Å². The molecule has 1 aromatic heterocycles. The van der Waals surface area contributed by atoms with Crippen molar-refractivity contribution in [2.75, 3.05) is 13.1 Å². The number of hydrogen-bond acceptors (Lipinski definition) is 3. The lowest BCUT2D eigenvalue weighted by atomic mass is 9.74.